The third kappa shape index (κ3) is 1.99. The molecule has 1 atom stereocenters. The third-order valence-corrected chi connectivity index (χ3v) is 2.82. The molecule has 1 aromatic rings. The van der Waals surface area contributed by atoms with E-state index in [1.54, 1.807) is 6.26 Å². The van der Waals surface area contributed by atoms with Gasteiger partial charge < -0.3 is 4.74 Å². The maximum Gasteiger partial charge on any atom is 0.234 e. The predicted molar refractivity (Wildman–Crippen MR) is 61.4 cm³/mol. The van der Waals surface area contributed by atoms with Crippen molar-refractivity contribution < 1.29 is 4.74 Å². The zero-order chi connectivity index (χ0) is 10.7. The van der Waals surface area contributed by atoms with Gasteiger partial charge in [-0.2, -0.15) is 0 Å². The van der Waals surface area contributed by atoms with Crippen molar-refractivity contribution in [2.24, 2.45) is 5.11 Å². The number of hydrogen-bond donors (Lipinski definition) is 1. The van der Waals surface area contributed by atoms with E-state index in [4.69, 9.17) is 10.3 Å². The Balaban J connectivity index is 2.48. The number of rotatable bonds is 2. The second kappa shape index (κ2) is 4.40. The van der Waals surface area contributed by atoms with Crippen LogP contribution in [0.1, 0.15) is 5.56 Å². The molecule has 0 aliphatic carbocycles. The molecule has 4 heteroatoms. The molecule has 1 aliphatic rings. The molecule has 1 aliphatic heterocycles. The van der Waals surface area contributed by atoms with Gasteiger partial charge in [-0.1, -0.05) is 46.3 Å². The van der Waals surface area contributed by atoms with Crippen molar-refractivity contribution in [3.8, 4) is 0 Å². The van der Waals surface area contributed by atoms with E-state index in [-0.39, 0.29) is 0 Å². The number of nitrogens with zero attached hydrogens (tertiary/aromatic N) is 1. The molecule has 1 N–H and O–H groups in total. The van der Waals surface area contributed by atoms with Gasteiger partial charge in [-0.15, -0.1) is 5.11 Å². The first-order chi connectivity index (χ1) is 7.33. The molecule has 15 heavy (non-hydrogen) atoms. The highest BCUT2D eigenvalue weighted by atomic mass is 79.9. The molecule has 0 spiro atoms. The molecule has 3 nitrogen and oxygen atoms in total. The summed E-state index contributed by atoms with van der Waals surface area (Å²) in [6, 6.07) is 9.78. The van der Waals surface area contributed by atoms with E-state index in [0.717, 1.165) is 15.6 Å². The molecular formula is C11H9BrN2O. The monoisotopic (exact) mass is 264 g/mol. The van der Waals surface area contributed by atoms with Gasteiger partial charge in [0, 0.05) is 10.1 Å². The van der Waals surface area contributed by atoms with Crippen LogP contribution in [0.15, 0.2) is 52.3 Å². The lowest BCUT2D eigenvalue weighted by Gasteiger charge is -2.19. The molecule has 0 amide bonds. The summed E-state index contributed by atoms with van der Waals surface area (Å²) in [6.45, 7) is 0. The zero-order valence-corrected chi connectivity index (χ0v) is 9.44. The van der Waals surface area contributed by atoms with Gasteiger partial charge >= 0.3 is 0 Å². The standard InChI is InChI=1S/C11H9BrN2O/c12-9-6-7-15-11(14-13)10(9)8-4-2-1-3-5-8/h1-7,11,13H. The quantitative estimate of drug-likeness (QED) is 0.814. The summed E-state index contributed by atoms with van der Waals surface area (Å²) in [7, 11) is 0. The van der Waals surface area contributed by atoms with Gasteiger partial charge in [-0.05, 0) is 11.6 Å². The van der Waals surface area contributed by atoms with Gasteiger partial charge in [0.15, 0.2) is 0 Å². The molecule has 1 aromatic carbocycles. The van der Waals surface area contributed by atoms with Gasteiger partial charge in [-0.25, -0.2) is 5.53 Å². The fraction of sp³-hybridized carbons (Fsp3) is 0.0909. The lowest BCUT2D eigenvalue weighted by atomic mass is 10.0. The average molecular weight is 265 g/mol. The molecule has 0 saturated carbocycles. The average Bonchev–Trinajstić information content (AvgIpc) is 2.29. The van der Waals surface area contributed by atoms with Crippen LogP contribution < -0.4 is 0 Å². The third-order valence-electron chi connectivity index (χ3n) is 2.13. The Kier molecular flexibility index (Phi) is 2.97. The summed E-state index contributed by atoms with van der Waals surface area (Å²) >= 11 is 3.44. The molecule has 76 valence electrons. The SMILES string of the molecule is N=NC1OC=CC(Br)=C1c1ccccc1. The Labute approximate surface area is 96.1 Å². The van der Waals surface area contributed by atoms with Crippen molar-refractivity contribution in [2.75, 3.05) is 0 Å². The smallest absolute Gasteiger partial charge is 0.234 e. The van der Waals surface area contributed by atoms with Gasteiger partial charge in [0.1, 0.15) is 0 Å². The minimum Gasteiger partial charge on any atom is -0.470 e. The Morgan fingerprint density at radius 3 is 2.67 bits per heavy atom. The van der Waals surface area contributed by atoms with Crippen molar-refractivity contribution in [3.05, 3.63) is 52.7 Å². The first kappa shape index (κ1) is 10.1. The molecule has 0 radical (unpaired) electrons. The van der Waals surface area contributed by atoms with E-state index in [1.807, 2.05) is 36.4 Å². The molecule has 1 unspecified atom stereocenters. The topological polar surface area (TPSA) is 45.4 Å². The second-order valence-corrected chi connectivity index (χ2v) is 3.90. The number of benzene rings is 1. The number of halogens is 1. The van der Waals surface area contributed by atoms with Crippen LogP contribution in [0.3, 0.4) is 0 Å². The van der Waals surface area contributed by atoms with Gasteiger partial charge in [0.25, 0.3) is 0 Å². The highest BCUT2D eigenvalue weighted by Crippen LogP contribution is 2.32. The molecular weight excluding hydrogens is 256 g/mol. The highest BCUT2D eigenvalue weighted by Gasteiger charge is 2.20. The Bertz CT molecular complexity index is 425. The molecule has 2 rings (SSSR count). The minimum absolute atomic E-state index is 0.549. The number of allylic oxidation sites excluding steroid dienone is 2. The number of hydrogen-bond acceptors (Lipinski definition) is 3. The lowest BCUT2D eigenvalue weighted by molar-refractivity contribution is 0.190. The van der Waals surface area contributed by atoms with E-state index >= 15 is 0 Å². The van der Waals surface area contributed by atoms with Crippen LogP contribution in [0.4, 0.5) is 0 Å². The number of nitrogens with one attached hydrogen (secondary N) is 1. The molecule has 1 heterocycles. The molecule has 0 bridgehead atoms. The van der Waals surface area contributed by atoms with Crippen LogP contribution in [0, 0.1) is 5.53 Å². The lowest BCUT2D eigenvalue weighted by Crippen LogP contribution is -2.12. The van der Waals surface area contributed by atoms with Crippen LogP contribution in [-0.2, 0) is 4.74 Å². The fourth-order valence-electron chi connectivity index (χ4n) is 1.44. The first-order valence-electron chi connectivity index (χ1n) is 4.46. The second-order valence-electron chi connectivity index (χ2n) is 3.05. The van der Waals surface area contributed by atoms with E-state index in [2.05, 4.69) is 21.0 Å². The summed E-state index contributed by atoms with van der Waals surface area (Å²) in [6.07, 6.45) is 2.80. The van der Waals surface area contributed by atoms with E-state index in [9.17, 15) is 0 Å². The van der Waals surface area contributed by atoms with Gasteiger partial charge in [-0.3, -0.25) is 0 Å². The van der Waals surface area contributed by atoms with E-state index < -0.39 is 6.23 Å². The summed E-state index contributed by atoms with van der Waals surface area (Å²) in [5, 5.41) is 3.44. The summed E-state index contributed by atoms with van der Waals surface area (Å²) in [5.74, 6) is 0. The molecule has 0 fully saturated rings. The van der Waals surface area contributed by atoms with Crippen molar-refractivity contribution >= 4 is 21.5 Å². The summed E-state index contributed by atoms with van der Waals surface area (Å²) < 4.78 is 6.15. The maximum absolute atomic E-state index is 7.08. The Hall–Kier alpha value is -1.42. The van der Waals surface area contributed by atoms with E-state index in [0.29, 0.717) is 0 Å². The van der Waals surface area contributed by atoms with Crippen molar-refractivity contribution in [1.29, 1.82) is 5.53 Å². The van der Waals surface area contributed by atoms with Gasteiger partial charge in [0.05, 0.1) is 6.26 Å². The van der Waals surface area contributed by atoms with Crippen molar-refractivity contribution in [1.82, 2.24) is 0 Å². The van der Waals surface area contributed by atoms with Crippen molar-refractivity contribution in [2.45, 2.75) is 6.23 Å². The number of ether oxygens (including phenoxy) is 1. The molecule has 0 aromatic heterocycles. The summed E-state index contributed by atoms with van der Waals surface area (Å²) in [4.78, 5) is 0. The maximum atomic E-state index is 7.08. The Morgan fingerprint density at radius 2 is 2.00 bits per heavy atom. The van der Waals surface area contributed by atoms with Crippen LogP contribution in [-0.4, -0.2) is 6.23 Å². The Morgan fingerprint density at radius 1 is 1.27 bits per heavy atom. The molecule has 0 saturated heterocycles. The highest BCUT2D eigenvalue weighted by molar-refractivity contribution is 9.12. The van der Waals surface area contributed by atoms with Crippen LogP contribution >= 0.6 is 15.9 Å². The largest absolute Gasteiger partial charge is 0.470 e. The minimum atomic E-state index is -0.549. The van der Waals surface area contributed by atoms with Crippen LogP contribution in [0.25, 0.3) is 5.57 Å². The predicted octanol–water partition coefficient (Wildman–Crippen LogP) is 3.69. The zero-order valence-electron chi connectivity index (χ0n) is 7.85. The normalized spacial score (nSPS) is 19.9. The van der Waals surface area contributed by atoms with Crippen molar-refractivity contribution in [3.63, 3.8) is 0 Å². The van der Waals surface area contributed by atoms with Gasteiger partial charge in [0.2, 0.25) is 6.23 Å². The fourth-order valence-corrected chi connectivity index (χ4v) is 1.98. The van der Waals surface area contributed by atoms with E-state index in [1.165, 1.54) is 0 Å². The first-order valence-corrected chi connectivity index (χ1v) is 5.26. The van der Waals surface area contributed by atoms with Crippen LogP contribution in [0.5, 0.6) is 0 Å². The van der Waals surface area contributed by atoms with Crippen LogP contribution in [0.2, 0.25) is 0 Å². The summed E-state index contributed by atoms with van der Waals surface area (Å²) in [5.41, 5.74) is 8.97.